The molecule has 1 aliphatic rings. The molecule has 0 aliphatic heterocycles. The quantitative estimate of drug-likeness (QED) is 0.853. The van der Waals surface area contributed by atoms with Crippen molar-refractivity contribution >= 4 is 5.69 Å². The van der Waals surface area contributed by atoms with Crippen LogP contribution < -0.4 is 5.73 Å². The van der Waals surface area contributed by atoms with E-state index in [1.165, 1.54) is 31.0 Å². The number of hydrogen-bond donors (Lipinski definition) is 1. The Kier molecular flexibility index (Phi) is 4.10. The molecule has 1 heterocycles. The molecule has 3 rings (SSSR count). The third kappa shape index (κ3) is 3.18. The van der Waals surface area contributed by atoms with Crippen LogP contribution in [0, 0.1) is 5.82 Å². The summed E-state index contributed by atoms with van der Waals surface area (Å²) >= 11 is 0. The van der Waals surface area contributed by atoms with Gasteiger partial charge in [-0.3, -0.25) is 0 Å². The molecule has 2 aromatic rings. The topological polar surface area (TPSA) is 78.9 Å². The van der Waals surface area contributed by atoms with E-state index in [4.69, 9.17) is 10.5 Å². The van der Waals surface area contributed by atoms with Crippen molar-refractivity contribution in [2.24, 2.45) is 0 Å². The van der Waals surface area contributed by atoms with E-state index in [1.54, 1.807) is 4.68 Å². The van der Waals surface area contributed by atoms with Gasteiger partial charge in [0.1, 0.15) is 5.82 Å². The predicted molar refractivity (Wildman–Crippen MR) is 75.8 cm³/mol. The van der Waals surface area contributed by atoms with Crippen molar-refractivity contribution in [1.29, 1.82) is 0 Å². The van der Waals surface area contributed by atoms with E-state index in [1.807, 2.05) is 0 Å². The van der Waals surface area contributed by atoms with E-state index in [0.29, 0.717) is 36.3 Å². The molecule has 0 saturated heterocycles. The molecule has 112 valence electrons. The number of nitrogens with two attached hydrogens (primary N) is 1. The van der Waals surface area contributed by atoms with E-state index >= 15 is 0 Å². The third-order valence-corrected chi connectivity index (χ3v) is 3.72. The van der Waals surface area contributed by atoms with Crippen LogP contribution in [0.2, 0.25) is 0 Å². The van der Waals surface area contributed by atoms with Gasteiger partial charge in [-0.2, -0.15) is 0 Å². The summed E-state index contributed by atoms with van der Waals surface area (Å²) < 4.78 is 21.2. The lowest BCUT2D eigenvalue weighted by Crippen LogP contribution is -2.15. The van der Waals surface area contributed by atoms with E-state index in [-0.39, 0.29) is 0 Å². The molecular weight excluding hydrogens is 273 g/mol. The Bertz CT molecular complexity index is 609. The van der Waals surface area contributed by atoms with E-state index < -0.39 is 5.82 Å². The molecule has 21 heavy (non-hydrogen) atoms. The van der Waals surface area contributed by atoms with Crippen LogP contribution in [0.3, 0.4) is 0 Å². The van der Waals surface area contributed by atoms with Crippen molar-refractivity contribution in [3.05, 3.63) is 24.0 Å². The summed E-state index contributed by atoms with van der Waals surface area (Å²) in [6.07, 6.45) is 5.04. The summed E-state index contributed by atoms with van der Waals surface area (Å²) in [5.41, 5.74) is 6.48. The Morgan fingerprint density at radius 2 is 2.14 bits per heavy atom. The van der Waals surface area contributed by atoms with Gasteiger partial charge in [-0.15, -0.1) is 5.10 Å². The number of tetrazole rings is 1. The van der Waals surface area contributed by atoms with Crippen LogP contribution in [0.1, 0.15) is 25.7 Å². The van der Waals surface area contributed by atoms with Crippen LogP contribution >= 0.6 is 0 Å². The van der Waals surface area contributed by atoms with Crippen LogP contribution in [-0.2, 0) is 11.3 Å². The summed E-state index contributed by atoms with van der Waals surface area (Å²) in [4.78, 5) is 0. The van der Waals surface area contributed by atoms with Crippen LogP contribution in [-0.4, -0.2) is 32.9 Å². The number of aromatic nitrogens is 4. The van der Waals surface area contributed by atoms with Gasteiger partial charge in [0.2, 0.25) is 0 Å². The van der Waals surface area contributed by atoms with Gasteiger partial charge in [0.05, 0.1) is 24.8 Å². The first kappa shape index (κ1) is 13.9. The average Bonchev–Trinajstić information content (AvgIpc) is 3.13. The largest absolute Gasteiger partial charge is 0.399 e. The second-order valence-electron chi connectivity index (χ2n) is 5.24. The summed E-state index contributed by atoms with van der Waals surface area (Å²) in [6, 6.07) is 4.37. The SMILES string of the molecule is Nc1ccc(F)c(-c2nnnn2CCOC2CCCC2)c1. The minimum atomic E-state index is -0.392. The Hall–Kier alpha value is -2.02. The number of anilines is 1. The minimum Gasteiger partial charge on any atom is -0.399 e. The molecule has 0 bridgehead atoms. The standard InChI is InChI=1S/C14H18FN5O/c15-13-6-5-10(16)9-12(13)14-17-18-19-20(14)7-8-21-11-3-1-2-4-11/h5-6,9,11H,1-4,7-8,16H2. The van der Waals surface area contributed by atoms with Crippen LogP contribution in [0.25, 0.3) is 11.4 Å². The average molecular weight is 291 g/mol. The van der Waals surface area contributed by atoms with Crippen molar-refractivity contribution in [3.8, 4) is 11.4 Å². The van der Waals surface area contributed by atoms with Gasteiger partial charge in [0, 0.05) is 5.69 Å². The highest BCUT2D eigenvalue weighted by Crippen LogP contribution is 2.23. The Labute approximate surface area is 122 Å². The summed E-state index contributed by atoms with van der Waals surface area (Å²) in [7, 11) is 0. The molecule has 0 amide bonds. The molecule has 1 fully saturated rings. The molecule has 2 N–H and O–H groups in total. The number of ether oxygens (including phenoxy) is 1. The monoisotopic (exact) mass is 291 g/mol. The van der Waals surface area contributed by atoms with Crippen molar-refractivity contribution in [2.75, 3.05) is 12.3 Å². The van der Waals surface area contributed by atoms with Gasteiger partial charge >= 0.3 is 0 Å². The Morgan fingerprint density at radius 1 is 1.33 bits per heavy atom. The molecule has 0 spiro atoms. The van der Waals surface area contributed by atoms with Crippen molar-refractivity contribution in [3.63, 3.8) is 0 Å². The number of nitrogens with zero attached hydrogens (tertiary/aromatic N) is 4. The van der Waals surface area contributed by atoms with Gasteiger partial charge in [0.25, 0.3) is 0 Å². The molecule has 0 unspecified atom stereocenters. The number of halogens is 1. The van der Waals surface area contributed by atoms with Gasteiger partial charge in [-0.05, 0) is 41.5 Å². The Balaban J connectivity index is 1.69. The Morgan fingerprint density at radius 3 is 2.95 bits per heavy atom. The number of rotatable bonds is 5. The highest BCUT2D eigenvalue weighted by atomic mass is 19.1. The fraction of sp³-hybridized carbons (Fsp3) is 0.500. The lowest BCUT2D eigenvalue weighted by Gasteiger charge is -2.11. The van der Waals surface area contributed by atoms with Gasteiger partial charge in [-0.1, -0.05) is 12.8 Å². The molecule has 1 aromatic carbocycles. The summed E-state index contributed by atoms with van der Waals surface area (Å²) in [5, 5.41) is 11.4. The van der Waals surface area contributed by atoms with Crippen LogP contribution in [0.15, 0.2) is 18.2 Å². The maximum absolute atomic E-state index is 13.9. The van der Waals surface area contributed by atoms with Gasteiger partial charge in [0.15, 0.2) is 5.82 Å². The molecule has 6 nitrogen and oxygen atoms in total. The number of hydrogen-bond acceptors (Lipinski definition) is 5. The molecule has 0 radical (unpaired) electrons. The zero-order valence-corrected chi connectivity index (χ0v) is 11.7. The van der Waals surface area contributed by atoms with E-state index in [0.717, 1.165) is 12.8 Å². The molecule has 1 aromatic heterocycles. The zero-order valence-electron chi connectivity index (χ0n) is 11.7. The smallest absolute Gasteiger partial charge is 0.185 e. The molecule has 1 saturated carbocycles. The van der Waals surface area contributed by atoms with Crippen LogP contribution in [0.4, 0.5) is 10.1 Å². The number of benzene rings is 1. The summed E-state index contributed by atoms with van der Waals surface area (Å²) in [5.74, 6) is -0.0215. The first-order chi connectivity index (χ1) is 10.2. The van der Waals surface area contributed by atoms with E-state index in [2.05, 4.69) is 15.5 Å². The van der Waals surface area contributed by atoms with Crippen molar-refractivity contribution in [1.82, 2.24) is 20.2 Å². The normalized spacial score (nSPS) is 15.7. The maximum atomic E-state index is 13.9. The lowest BCUT2D eigenvalue weighted by atomic mass is 10.2. The third-order valence-electron chi connectivity index (χ3n) is 3.72. The fourth-order valence-corrected chi connectivity index (χ4v) is 2.62. The highest BCUT2D eigenvalue weighted by Gasteiger charge is 2.17. The van der Waals surface area contributed by atoms with Crippen molar-refractivity contribution < 1.29 is 9.13 Å². The second kappa shape index (κ2) is 6.17. The van der Waals surface area contributed by atoms with E-state index in [9.17, 15) is 4.39 Å². The highest BCUT2D eigenvalue weighted by molar-refractivity contribution is 5.61. The maximum Gasteiger partial charge on any atom is 0.185 e. The zero-order chi connectivity index (χ0) is 14.7. The first-order valence-corrected chi connectivity index (χ1v) is 7.17. The molecule has 7 heteroatoms. The lowest BCUT2D eigenvalue weighted by molar-refractivity contribution is 0.0514. The minimum absolute atomic E-state index is 0.306. The number of nitrogen functional groups attached to an aromatic ring is 1. The predicted octanol–water partition coefficient (Wildman–Crippen LogP) is 2.02. The molecule has 1 aliphatic carbocycles. The molecule has 0 atom stereocenters. The first-order valence-electron chi connectivity index (χ1n) is 7.17. The summed E-state index contributed by atoms with van der Waals surface area (Å²) in [6.45, 7) is 1.01. The van der Waals surface area contributed by atoms with Gasteiger partial charge < -0.3 is 10.5 Å². The molecular formula is C14H18FN5O. The van der Waals surface area contributed by atoms with Crippen molar-refractivity contribution in [2.45, 2.75) is 38.3 Å². The second-order valence-corrected chi connectivity index (χ2v) is 5.24. The van der Waals surface area contributed by atoms with Gasteiger partial charge in [-0.25, -0.2) is 9.07 Å². The van der Waals surface area contributed by atoms with Crippen LogP contribution in [0.5, 0.6) is 0 Å². The fourth-order valence-electron chi connectivity index (χ4n) is 2.62.